The van der Waals surface area contributed by atoms with Crippen molar-refractivity contribution < 1.29 is 13.2 Å². The van der Waals surface area contributed by atoms with Gasteiger partial charge in [0.15, 0.2) is 0 Å². The van der Waals surface area contributed by atoms with Gasteiger partial charge in [0.05, 0.1) is 28.2 Å². The van der Waals surface area contributed by atoms with Crippen LogP contribution in [0.15, 0.2) is 41.5 Å². The lowest BCUT2D eigenvalue weighted by Gasteiger charge is -2.23. The monoisotopic (exact) mass is 447 g/mol. The molecule has 0 bridgehead atoms. The number of benzene rings is 2. The molecule has 0 heterocycles. The third-order valence-corrected chi connectivity index (χ3v) is 5.53. The average Bonchev–Trinajstić information content (AvgIpc) is 2.57. The molecule has 0 radical (unpaired) electrons. The molecular formula is C17H16Cl3N3O3S. The molecule has 10 heteroatoms. The molecule has 2 aromatic rings. The largest absolute Gasteiger partial charge is 0.271 e. The highest BCUT2D eigenvalue weighted by atomic mass is 35.5. The Kier molecular flexibility index (Phi) is 7.11. The van der Waals surface area contributed by atoms with Crippen molar-refractivity contribution in [3.8, 4) is 0 Å². The Labute approximate surface area is 172 Å². The van der Waals surface area contributed by atoms with Gasteiger partial charge in [0, 0.05) is 10.6 Å². The second-order valence-corrected chi connectivity index (χ2v) is 8.79. The summed E-state index contributed by atoms with van der Waals surface area (Å²) in [6, 6.07) is 9.73. The fraction of sp³-hybridized carbons (Fsp3) is 0.176. The maximum Gasteiger partial charge on any atom is 0.260 e. The number of amides is 1. The molecule has 27 heavy (non-hydrogen) atoms. The number of rotatable bonds is 6. The molecule has 0 aliphatic rings. The highest BCUT2D eigenvalue weighted by Gasteiger charge is 2.22. The number of nitrogens with one attached hydrogen (secondary N) is 1. The first-order chi connectivity index (χ1) is 12.6. The van der Waals surface area contributed by atoms with E-state index in [1.807, 2.05) is 0 Å². The Morgan fingerprint density at radius 2 is 1.81 bits per heavy atom. The fourth-order valence-electron chi connectivity index (χ4n) is 2.20. The van der Waals surface area contributed by atoms with Gasteiger partial charge < -0.3 is 0 Å². The van der Waals surface area contributed by atoms with Crippen LogP contribution < -0.4 is 9.73 Å². The Morgan fingerprint density at radius 3 is 2.41 bits per heavy atom. The van der Waals surface area contributed by atoms with E-state index in [0.717, 1.165) is 10.6 Å². The van der Waals surface area contributed by atoms with E-state index in [-0.39, 0.29) is 0 Å². The second kappa shape index (κ2) is 8.93. The summed E-state index contributed by atoms with van der Waals surface area (Å²) >= 11 is 18.0. The number of halogens is 3. The number of nitrogens with zero attached hydrogens (tertiary/aromatic N) is 2. The van der Waals surface area contributed by atoms with Crippen molar-refractivity contribution in [1.82, 2.24) is 5.43 Å². The highest BCUT2D eigenvalue weighted by molar-refractivity contribution is 7.92. The number of anilines is 1. The third-order valence-electron chi connectivity index (χ3n) is 3.51. The molecule has 0 unspecified atom stereocenters. The third kappa shape index (κ3) is 5.84. The summed E-state index contributed by atoms with van der Waals surface area (Å²) in [6.45, 7) is 1.26. The van der Waals surface area contributed by atoms with Crippen molar-refractivity contribution in [2.75, 3.05) is 17.1 Å². The minimum Gasteiger partial charge on any atom is -0.271 e. The summed E-state index contributed by atoms with van der Waals surface area (Å²) in [7, 11) is -3.72. The van der Waals surface area contributed by atoms with E-state index in [4.69, 9.17) is 34.8 Å². The van der Waals surface area contributed by atoms with E-state index in [0.29, 0.717) is 31.9 Å². The van der Waals surface area contributed by atoms with Crippen LogP contribution in [-0.4, -0.2) is 33.3 Å². The Bertz CT molecular complexity index is 974. The maximum absolute atomic E-state index is 12.2. The van der Waals surface area contributed by atoms with Crippen LogP contribution in [0.4, 0.5) is 5.69 Å². The summed E-state index contributed by atoms with van der Waals surface area (Å²) in [6.07, 6.45) is 2.30. The van der Waals surface area contributed by atoms with Gasteiger partial charge in [0.2, 0.25) is 10.0 Å². The van der Waals surface area contributed by atoms with Crippen LogP contribution in [0.1, 0.15) is 11.1 Å². The first-order valence-electron chi connectivity index (χ1n) is 7.59. The second-order valence-electron chi connectivity index (χ2n) is 5.63. The van der Waals surface area contributed by atoms with Gasteiger partial charge in [-0.3, -0.25) is 9.10 Å². The van der Waals surface area contributed by atoms with Crippen LogP contribution in [0.2, 0.25) is 15.1 Å². The molecular weight excluding hydrogens is 433 g/mol. The first kappa shape index (κ1) is 21.5. The van der Waals surface area contributed by atoms with E-state index >= 15 is 0 Å². The number of hydrogen-bond acceptors (Lipinski definition) is 4. The van der Waals surface area contributed by atoms with Crippen molar-refractivity contribution in [3.05, 3.63) is 62.6 Å². The predicted octanol–water partition coefficient (Wildman–Crippen LogP) is 3.87. The highest BCUT2D eigenvalue weighted by Crippen LogP contribution is 2.26. The van der Waals surface area contributed by atoms with Crippen LogP contribution in [0.25, 0.3) is 0 Å². The quantitative estimate of drug-likeness (QED) is 0.538. The Balaban J connectivity index is 2.18. The number of hydrazone groups is 1. The van der Waals surface area contributed by atoms with Crippen LogP contribution >= 0.6 is 34.8 Å². The molecule has 0 fully saturated rings. The van der Waals surface area contributed by atoms with Gasteiger partial charge in [-0.05, 0) is 36.8 Å². The number of hydrogen-bond donors (Lipinski definition) is 1. The van der Waals surface area contributed by atoms with Crippen LogP contribution in [0.3, 0.4) is 0 Å². The lowest BCUT2D eigenvalue weighted by atomic mass is 10.2. The number of carbonyl (C=O) groups excluding carboxylic acids is 1. The minimum atomic E-state index is -3.72. The van der Waals surface area contributed by atoms with Crippen LogP contribution in [0.5, 0.6) is 0 Å². The molecule has 6 nitrogen and oxygen atoms in total. The van der Waals surface area contributed by atoms with Crippen molar-refractivity contribution in [1.29, 1.82) is 0 Å². The van der Waals surface area contributed by atoms with Gasteiger partial charge in [-0.15, -0.1) is 0 Å². The zero-order valence-corrected chi connectivity index (χ0v) is 17.5. The standard InChI is InChI=1S/C17H16Cl3N3O3S/c1-11-6-7-12(18)8-16(11)23(27(2,25)26)10-17(24)22-21-9-13-14(19)4-3-5-15(13)20/h3-9H,10H2,1-2H3,(H,22,24)/b21-9-. The molecule has 1 amide bonds. The topological polar surface area (TPSA) is 78.8 Å². The zero-order valence-electron chi connectivity index (χ0n) is 14.4. The van der Waals surface area contributed by atoms with Crippen molar-refractivity contribution in [3.63, 3.8) is 0 Å². The van der Waals surface area contributed by atoms with Gasteiger partial charge in [-0.2, -0.15) is 5.10 Å². The number of carbonyl (C=O) groups is 1. The van der Waals surface area contributed by atoms with Crippen LogP contribution in [-0.2, 0) is 14.8 Å². The van der Waals surface area contributed by atoms with E-state index < -0.39 is 22.5 Å². The SMILES string of the molecule is Cc1ccc(Cl)cc1N(CC(=O)N/N=C\c1c(Cl)cccc1Cl)S(C)(=O)=O. The molecule has 0 saturated heterocycles. The van der Waals surface area contributed by atoms with Crippen molar-refractivity contribution >= 4 is 62.6 Å². The average molecular weight is 449 g/mol. The number of sulfonamides is 1. The van der Waals surface area contributed by atoms with E-state index in [1.54, 1.807) is 37.3 Å². The zero-order chi connectivity index (χ0) is 20.2. The van der Waals surface area contributed by atoms with Crippen molar-refractivity contribution in [2.45, 2.75) is 6.92 Å². The lowest BCUT2D eigenvalue weighted by molar-refractivity contribution is -0.119. The minimum absolute atomic E-state index is 0.318. The Morgan fingerprint density at radius 1 is 1.19 bits per heavy atom. The van der Waals surface area contributed by atoms with E-state index in [1.165, 1.54) is 12.3 Å². The van der Waals surface area contributed by atoms with Gasteiger partial charge in [-0.25, -0.2) is 13.8 Å². The van der Waals surface area contributed by atoms with Crippen LogP contribution in [0, 0.1) is 6.92 Å². The summed E-state index contributed by atoms with van der Waals surface area (Å²) in [4.78, 5) is 12.2. The van der Waals surface area contributed by atoms with Gasteiger partial charge in [-0.1, -0.05) is 46.9 Å². The molecule has 2 aromatic carbocycles. The smallest absolute Gasteiger partial charge is 0.260 e. The molecule has 0 saturated carbocycles. The molecule has 0 aliphatic heterocycles. The number of aryl methyl sites for hydroxylation is 1. The van der Waals surface area contributed by atoms with Crippen molar-refractivity contribution in [2.24, 2.45) is 5.10 Å². The first-order valence-corrected chi connectivity index (χ1v) is 10.6. The van der Waals surface area contributed by atoms with Gasteiger partial charge >= 0.3 is 0 Å². The summed E-state index contributed by atoms with van der Waals surface area (Å²) in [5.41, 5.74) is 3.68. The molecule has 0 atom stereocenters. The van der Waals surface area contributed by atoms with E-state index in [9.17, 15) is 13.2 Å². The van der Waals surface area contributed by atoms with Gasteiger partial charge in [0.1, 0.15) is 6.54 Å². The molecule has 0 aromatic heterocycles. The maximum atomic E-state index is 12.2. The summed E-state index contributed by atoms with van der Waals surface area (Å²) in [5, 5.41) is 4.89. The van der Waals surface area contributed by atoms with Gasteiger partial charge in [0.25, 0.3) is 5.91 Å². The molecule has 0 spiro atoms. The molecule has 2 rings (SSSR count). The summed E-state index contributed by atoms with van der Waals surface area (Å²) < 4.78 is 25.2. The normalized spacial score (nSPS) is 11.6. The Hall–Kier alpha value is -1.80. The summed E-state index contributed by atoms with van der Waals surface area (Å²) in [5.74, 6) is -0.640. The van der Waals surface area contributed by atoms with E-state index in [2.05, 4.69) is 10.5 Å². The molecule has 0 aliphatic carbocycles. The fourth-order valence-corrected chi connectivity index (χ4v) is 3.77. The molecule has 1 N–H and O–H groups in total. The molecule has 144 valence electrons. The lowest BCUT2D eigenvalue weighted by Crippen LogP contribution is -2.39. The predicted molar refractivity (Wildman–Crippen MR) is 111 cm³/mol.